The van der Waals surface area contributed by atoms with Gasteiger partial charge >= 0.3 is 0 Å². The van der Waals surface area contributed by atoms with Crippen LogP contribution in [0.4, 0.5) is 0 Å². The van der Waals surface area contributed by atoms with Gasteiger partial charge in [0, 0.05) is 12.0 Å². The number of hydrogen-bond acceptors (Lipinski definition) is 4. The highest BCUT2D eigenvalue weighted by molar-refractivity contribution is 6.48. The Morgan fingerprint density at radius 3 is 2.35 bits per heavy atom. The Hall–Kier alpha value is -2.62. The Morgan fingerprint density at radius 1 is 1.05 bits per heavy atom. The summed E-state index contributed by atoms with van der Waals surface area (Å²) in [5.41, 5.74) is 3.01. The Kier molecular flexibility index (Phi) is 3.46. The van der Waals surface area contributed by atoms with Gasteiger partial charge in [0.1, 0.15) is 11.4 Å². The topological polar surface area (TPSA) is 54.2 Å². The fourth-order valence-corrected chi connectivity index (χ4v) is 2.24. The fraction of sp³-hybridized carbons (Fsp3) is 0.125. The number of oxime groups is 2. The van der Waals surface area contributed by atoms with E-state index in [1.807, 2.05) is 60.7 Å². The molecule has 2 aromatic rings. The van der Waals surface area contributed by atoms with Gasteiger partial charge in [-0.05, 0) is 5.56 Å². The van der Waals surface area contributed by atoms with E-state index >= 15 is 0 Å². The number of benzene rings is 2. The van der Waals surface area contributed by atoms with Crippen molar-refractivity contribution in [1.82, 2.24) is 0 Å². The van der Waals surface area contributed by atoms with Crippen LogP contribution in [0.25, 0.3) is 0 Å². The summed E-state index contributed by atoms with van der Waals surface area (Å²) < 4.78 is 0. The maximum Gasteiger partial charge on any atom is 0.158 e. The molecule has 0 fully saturated rings. The van der Waals surface area contributed by atoms with Crippen LogP contribution >= 0.6 is 0 Å². The molecule has 2 aromatic carbocycles. The third-order valence-corrected chi connectivity index (χ3v) is 3.26. The molecule has 0 aliphatic carbocycles. The van der Waals surface area contributed by atoms with Gasteiger partial charge < -0.3 is 10.0 Å². The van der Waals surface area contributed by atoms with Gasteiger partial charge in [-0.3, -0.25) is 0 Å². The molecule has 0 amide bonds. The second-order valence-corrected chi connectivity index (χ2v) is 4.56. The summed E-state index contributed by atoms with van der Waals surface area (Å²) in [6, 6.07) is 19.4. The van der Waals surface area contributed by atoms with Gasteiger partial charge in [0.15, 0.2) is 6.10 Å². The average Bonchev–Trinajstić information content (AvgIpc) is 3.00. The van der Waals surface area contributed by atoms with Gasteiger partial charge in [0.25, 0.3) is 0 Å². The second-order valence-electron chi connectivity index (χ2n) is 4.56. The van der Waals surface area contributed by atoms with Crippen LogP contribution in [-0.2, 0) is 4.84 Å². The molecule has 20 heavy (non-hydrogen) atoms. The van der Waals surface area contributed by atoms with Crippen LogP contribution in [0.1, 0.15) is 23.7 Å². The van der Waals surface area contributed by atoms with Crippen LogP contribution in [0.5, 0.6) is 0 Å². The lowest BCUT2D eigenvalue weighted by molar-refractivity contribution is 0.0857. The Morgan fingerprint density at radius 2 is 1.70 bits per heavy atom. The molecule has 1 unspecified atom stereocenters. The number of nitrogens with zero attached hydrogens (tertiary/aromatic N) is 2. The van der Waals surface area contributed by atoms with E-state index in [1.54, 1.807) is 0 Å². The number of rotatable bonds is 3. The highest BCUT2D eigenvalue weighted by atomic mass is 16.6. The van der Waals surface area contributed by atoms with E-state index < -0.39 is 0 Å². The molecule has 0 radical (unpaired) electrons. The molecule has 3 rings (SSSR count). The van der Waals surface area contributed by atoms with Crippen molar-refractivity contribution in [3.05, 3.63) is 71.8 Å². The minimum absolute atomic E-state index is 0.119. The Labute approximate surface area is 117 Å². The summed E-state index contributed by atoms with van der Waals surface area (Å²) >= 11 is 0. The molecule has 1 atom stereocenters. The quantitative estimate of drug-likeness (QED) is 0.526. The summed E-state index contributed by atoms with van der Waals surface area (Å²) in [7, 11) is 0. The lowest BCUT2D eigenvalue weighted by Crippen LogP contribution is -2.14. The zero-order valence-corrected chi connectivity index (χ0v) is 10.8. The lowest BCUT2D eigenvalue weighted by Gasteiger charge is -2.07. The first-order chi connectivity index (χ1) is 9.88. The van der Waals surface area contributed by atoms with Crippen molar-refractivity contribution in [2.45, 2.75) is 12.5 Å². The van der Waals surface area contributed by atoms with Crippen LogP contribution in [0.3, 0.4) is 0 Å². The molecule has 1 N–H and O–H groups in total. The smallest absolute Gasteiger partial charge is 0.158 e. The largest absolute Gasteiger partial charge is 0.410 e. The van der Waals surface area contributed by atoms with Crippen molar-refractivity contribution in [2.24, 2.45) is 10.3 Å². The highest BCUT2D eigenvalue weighted by Crippen LogP contribution is 2.28. The van der Waals surface area contributed by atoms with Gasteiger partial charge in [-0.1, -0.05) is 71.0 Å². The maximum atomic E-state index is 9.25. The molecule has 0 saturated carbocycles. The maximum absolute atomic E-state index is 9.25. The predicted molar refractivity (Wildman–Crippen MR) is 77.1 cm³/mol. The molecule has 0 aromatic heterocycles. The van der Waals surface area contributed by atoms with Gasteiger partial charge in [0.05, 0.1) is 0 Å². The SMILES string of the molecule is O/N=C(\C1=NOC(c2ccccc2)C1)c1ccccc1. The Bertz CT molecular complexity index is 636. The highest BCUT2D eigenvalue weighted by Gasteiger charge is 2.26. The molecule has 1 aliphatic heterocycles. The molecule has 1 aliphatic rings. The lowest BCUT2D eigenvalue weighted by atomic mass is 9.99. The molecule has 100 valence electrons. The van der Waals surface area contributed by atoms with Crippen molar-refractivity contribution in [1.29, 1.82) is 0 Å². The summed E-state index contributed by atoms with van der Waals surface area (Å²) in [6.45, 7) is 0. The summed E-state index contributed by atoms with van der Waals surface area (Å²) in [4.78, 5) is 5.45. The molecular weight excluding hydrogens is 252 g/mol. The van der Waals surface area contributed by atoms with E-state index in [0.29, 0.717) is 17.8 Å². The van der Waals surface area contributed by atoms with Crippen molar-refractivity contribution < 1.29 is 10.0 Å². The first-order valence-electron chi connectivity index (χ1n) is 6.44. The monoisotopic (exact) mass is 266 g/mol. The summed E-state index contributed by atoms with van der Waals surface area (Å²) in [6.07, 6.45) is 0.477. The van der Waals surface area contributed by atoms with Gasteiger partial charge in [-0.25, -0.2) is 0 Å². The second kappa shape index (κ2) is 5.57. The number of hydrogen-bond donors (Lipinski definition) is 1. The third-order valence-electron chi connectivity index (χ3n) is 3.26. The first kappa shape index (κ1) is 12.4. The minimum atomic E-state index is -0.119. The van der Waals surface area contributed by atoms with E-state index in [-0.39, 0.29) is 6.10 Å². The van der Waals surface area contributed by atoms with Crippen molar-refractivity contribution in [3.8, 4) is 0 Å². The standard InChI is InChI=1S/C16H14N2O2/c19-17-16(13-9-5-2-6-10-13)14-11-15(20-18-14)12-7-3-1-4-8-12/h1-10,15,19H,11H2/b17-16-. The molecular formula is C16H14N2O2. The van der Waals surface area contributed by atoms with Crippen LogP contribution < -0.4 is 0 Å². The van der Waals surface area contributed by atoms with E-state index in [0.717, 1.165) is 11.1 Å². The summed E-state index contributed by atoms with van der Waals surface area (Å²) in [5, 5.41) is 16.7. The van der Waals surface area contributed by atoms with Crippen LogP contribution in [-0.4, -0.2) is 16.6 Å². The predicted octanol–water partition coefficient (Wildman–Crippen LogP) is 3.38. The van der Waals surface area contributed by atoms with Crippen LogP contribution in [0.2, 0.25) is 0 Å². The van der Waals surface area contributed by atoms with Crippen LogP contribution in [0, 0.1) is 0 Å². The molecule has 0 bridgehead atoms. The molecule has 4 heteroatoms. The molecule has 0 spiro atoms. The van der Waals surface area contributed by atoms with Gasteiger partial charge in [0.2, 0.25) is 0 Å². The average molecular weight is 266 g/mol. The molecule has 1 heterocycles. The third kappa shape index (κ3) is 2.40. The normalized spacial score (nSPS) is 18.5. The van der Waals surface area contributed by atoms with E-state index in [9.17, 15) is 5.21 Å². The van der Waals surface area contributed by atoms with Crippen molar-refractivity contribution >= 4 is 11.4 Å². The zero-order chi connectivity index (χ0) is 13.8. The summed E-state index contributed by atoms with van der Waals surface area (Å²) in [5.74, 6) is 0. The van der Waals surface area contributed by atoms with E-state index in [2.05, 4.69) is 10.3 Å². The first-order valence-corrected chi connectivity index (χ1v) is 6.44. The van der Waals surface area contributed by atoms with Crippen molar-refractivity contribution in [3.63, 3.8) is 0 Å². The van der Waals surface area contributed by atoms with Crippen LogP contribution in [0.15, 0.2) is 71.0 Å². The molecule has 0 saturated heterocycles. The van der Waals surface area contributed by atoms with Gasteiger partial charge in [-0.2, -0.15) is 0 Å². The van der Waals surface area contributed by atoms with E-state index in [1.165, 1.54) is 0 Å². The fourth-order valence-electron chi connectivity index (χ4n) is 2.24. The Balaban J connectivity index is 1.80. The van der Waals surface area contributed by atoms with E-state index in [4.69, 9.17) is 4.84 Å². The molecule has 4 nitrogen and oxygen atoms in total. The van der Waals surface area contributed by atoms with Crippen molar-refractivity contribution in [2.75, 3.05) is 0 Å². The van der Waals surface area contributed by atoms with Gasteiger partial charge in [-0.15, -0.1) is 0 Å². The zero-order valence-electron chi connectivity index (χ0n) is 10.8. The minimum Gasteiger partial charge on any atom is -0.410 e.